The van der Waals surface area contributed by atoms with Gasteiger partial charge in [0.15, 0.2) is 0 Å². The Hall–Kier alpha value is -15.3. The number of rotatable bonds is 12. The topological polar surface area (TPSA) is 102 Å². The highest BCUT2D eigenvalue weighted by atomic mass is 16.4. The monoisotopic (exact) mass is 1490 g/mol. The second-order valence-corrected chi connectivity index (χ2v) is 30.1. The lowest BCUT2D eigenvalue weighted by atomic mass is 9.87. The summed E-state index contributed by atoms with van der Waals surface area (Å²) in [5.41, 5.74) is 27.2. The van der Waals surface area contributed by atoms with Crippen molar-refractivity contribution in [3.63, 3.8) is 0 Å². The lowest BCUT2D eigenvalue weighted by Gasteiger charge is -2.18. The molecule has 0 unspecified atom stereocenters. The minimum Gasteiger partial charge on any atom is -0.416 e. The van der Waals surface area contributed by atoms with E-state index in [0.717, 1.165) is 101 Å². The highest BCUT2D eigenvalue weighted by molar-refractivity contribution is 6.10. The highest BCUT2D eigenvalue weighted by Crippen LogP contribution is 2.41. The van der Waals surface area contributed by atoms with Crippen molar-refractivity contribution in [1.29, 1.82) is 0 Å². The number of hydrogen-bond acceptors (Lipinski definition) is 6. The molecule has 0 aliphatic heterocycles. The normalized spacial score (nSPS) is 11.6. The van der Waals surface area contributed by atoms with Gasteiger partial charge in [0.2, 0.25) is 11.8 Å². The molecular weight excluding hydrogens is 1420 g/mol. The van der Waals surface area contributed by atoms with E-state index in [0.29, 0.717) is 11.8 Å². The van der Waals surface area contributed by atoms with Gasteiger partial charge in [-0.2, -0.15) is 0 Å². The Balaban J connectivity index is 0.000000118. The third-order valence-electron chi connectivity index (χ3n) is 21.8. The molecule has 0 spiro atoms. The van der Waals surface area contributed by atoms with Gasteiger partial charge in [-0.1, -0.05) is 263 Å². The van der Waals surface area contributed by atoms with Crippen LogP contribution < -0.4 is 0 Å². The lowest BCUT2D eigenvalue weighted by Crippen LogP contribution is -2.10. The minimum absolute atomic E-state index is 0.124. The molecule has 552 valence electrons. The maximum absolute atomic E-state index is 5.90. The van der Waals surface area contributed by atoms with Crippen molar-refractivity contribution in [2.45, 2.75) is 26.2 Å². The van der Waals surface area contributed by atoms with Crippen LogP contribution in [0.4, 0.5) is 0 Å². The first-order valence-corrected chi connectivity index (χ1v) is 39.2. The maximum atomic E-state index is 5.90. The first-order chi connectivity index (χ1) is 57.2. The van der Waals surface area contributed by atoms with Crippen LogP contribution in [-0.2, 0) is 5.41 Å². The van der Waals surface area contributed by atoms with Gasteiger partial charge >= 0.3 is 0 Å². The predicted octanol–water partition coefficient (Wildman–Crippen LogP) is 26.6. The van der Waals surface area contributed by atoms with Crippen LogP contribution in [0.1, 0.15) is 26.3 Å². The van der Waals surface area contributed by atoms with Crippen LogP contribution in [0.2, 0.25) is 0 Å². The van der Waals surface area contributed by atoms with E-state index in [1.165, 1.54) is 77.2 Å². The summed E-state index contributed by atoms with van der Waals surface area (Å²) in [6.07, 6.45) is 0. The zero-order valence-corrected chi connectivity index (χ0v) is 64.1. The molecule has 6 aromatic heterocycles. The van der Waals surface area contributed by atoms with Crippen LogP contribution in [0.15, 0.2) is 411 Å². The molecule has 0 N–H and O–H groups in total. The first-order valence-electron chi connectivity index (χ1n) is 39.2. The number of nitrogens with zero attached hydrogens (tertiary/aromatic N) is 10. The highest BCUT2D eigenvalue weighted by Gasteiger charge is 2.25. The predicted molar refractivity (Wildman–Crippen MR) is 476 cm³/mol. The van der Waals surface area contributed by atoms with E-state index in [1.54, 1.807) is 0 Å². The third kappa shape index (κ3) is 13.0. The Morgan fingerprint density at radius 3 is 0.767 bits per heavy atom. The molecule has 116 heavy (non-hydrogen) atoms. The van der Waals surface area contributed by atoms with E-state index in [-0.39, 0.29) is 5.41 Å². The number of hydrogen-bond donors (Lipinski definition) is 0. The summed E-state index contributed by atoms with van der Waals surface area (Å²) < 4.78 is 17.4. The molecule has 0 saturated heterocycles. The van der Waals surface area contributed by atoms with Gasteiger partial charge in [0, 0.05) is 77.8 Å². The van der Waals surface area contributed by atoms with Gasteiger partial charge < -0.3 is 13.6 Å². The summed E-state index contributed by atoms with van der Waals surface area (Å²) in [6, 6.07) is 142. The molecule has 0 atom stereocenters. The molecule has 0 fully saturated rings. The molecule has 0 aliphatic rings. The molecule has 16 aromatic carbocycles. The zero-order valence-electron chi connectivity index (χ0n) is 64.1. The standard InChI is InChI=1S/C45H30N6.C36H24N2.C24H22N2O/c1-4-16-34(17-5-1)49-40-25-13-10-22-37(40)46-43(49)31-28-32(44-47-38-23-11-14-26-41(38)50(44)35-18-6-2-7-19-35)30-33(29-31)45-48-39-24-12-15-27-42(39)51(45)36-20-8-3-9-21-36;1-5-13-33-29(9-1)30-10-2-6-14-34(30)37(33)27-21-17-25(18-22-27)26-19-23-28(24-20-26)38-35-15-7-3-11-31(35)32-12-4-8-16-36(32)38;1-24(2,3)21-15-13-20(14-16-21)23-26-25-22(27-23)19-11-9-18(10-12-19)17-7-5-4-6-8-17/h1-30H;1-24H;4-16H,1-3H3. The van der Waals surface area contributed by atoms with Gasteiger partial charge in [0.25, 0.3) is 0 Å². The maximum Gasteiger partial charge on any atom is 0.248 e. The van der Waals surface area contributed by atoms with Crippen molar-refractivity contribution < 1.29 is 4.42 Å². The summed E-state index contributed by atoms with van der Waals surface area (Å²) >= 11 is 0. The summed E-state index contributed by atoms with van der Waals surface area (Å²) in [5.74, 6) is 3.60. The Labute approximate surface area is 670 Å². The fourth-order valence-corrected chi connectivity index (χ4v) is 16.2. The van der Waals surface area contributed by atoms with E-state index >= 15 is 0 Å². The quantitative estimate of drug-likeness (QED) is 0.121. The molecule has 0 aliphatic carbocycles. The first kappa shape index (κ1) is 69.8. The van der Waals surface area contributed by atoms with Gasteiger partial charge in [-0.25, -0.2) is 15.0 Å². The van der Waals surface area contributed by atoms with Gasteiger partial charge in [0.05, 0.1) is 55.2 Å². The zero-order chi connectivity index (χ0) is 77.6. The van der Waals surface area contributed by atoms with E-state index in [9.17, 15) is 0 Å². The number of para-hydroxylation sites is 13. The number of fused-ring (bicyclic) bond motifs is 9. The number of imidazole rings is 3. The van der Waals surface area contributed by atoms with Crippen molar-refractivity contribution in [2.75, 3.05) is 0 Å². The van der Waals surface area contributed by atoms with Crippen molar-refractivity contribution in [3.8, 4) is 108 Å². The summed E-state index contributed by atoms with van der Waals surface area (Å²) in [6.45, 7) is 6.60. The molecule has 22 aromatic rings. The Morgan fingerprint density at radius 2 is 0.448 bits per heavy atom. The minimum atomic E-state index is 0.124. The molecule has 0 amide bonds. The van der Waals surface area contributed by atoms with Crippen LogP contribution in [0.25, 0.3) is 184 Å². The van der Waals surface area contributed by atoms with Crippen molar-refractivity contribution in [2.24, 2.45) is 0 Å². The number of benzene rings is 16. The van der Waals surface area contributed by atoms with Crippen LogP contribution in [0.5, 0.6) is 0 Å². The van der Waals surface area contributed by atoms with Gasteiger partial charge in [0.1, 0.15) is 17.5 Å². The molecule has 0 radical (unpaired) electrons. The smallest absolute Gasteiger partial charge is 0.248 e. The van der Waals surface area contributed by atoms with Crippen LogP contribution in [0, 0.1) is 0 Å². The van der Waals surface area contributed by atoms with Crippen LogP contribution in [0.3, 0.4) is 0 Å². The Kier molecular flexibility index (Phi) is 17.9. The van der Waals surface area contributed by atoms with E-state index in [1.807, 2.05) is 78.9 Å². The molecule has 22 rings (SSSR count). The summed E-state index contributed by atoms with van der Waals surface area (Å²) in [7, 11) is 0. The Bertz CT molecular complexity index is 6730. The molecule has 6 heterocycles. The Morgan fingerprint density at radius 1 is 0.207 bits per heavy atom. The van der Waals surface area contributed by atoms with Crippen molar-refractivity contribution in [1.82, 2.24) is 48.0 Å². The van der Waals surface area contributed by atoms with E-state index in [4.69, 9.17) is 19.4 Å². The van der Waals surface area contributed by atoms with Gasteiger partial charge in [-0.3, -0.25) is 13.7 Å². The van der Waals surface area contributed by atoms with Gasteiger partial charge in [-0.15, -0.1) is 10.2 Å². The van der Waals surface area contributed by atoms with Gasteiger partial charge in [-0.05, 0) is 197 Å². The molecule has 11 heteroatoms. The fraction of sp³-hybridized carbons (Fsp3) is 0.0381. The lowest BCUT2D eigenvalue weighted by molar-refractivity contribution is 0.582. The van der Waals surface area contributed by atoms with Crippen molar-refractivity contribution in [3.05, 3.63) is 412 Å². The average molecular weight is 1490 g/mol. The largest absolute Gasteiger partial charge is 0.416 e. The average Bonchev–Trinajstić information content (AvgIpc) is 1.60. The third-order valence-corrected chi connectivity index (χ3v) is 21.8. The van der Waals surface area contributed by atoms with E-state index in [2.05, 4.69) is 381 Å². The molecular formula is C105H76N10O. The summed E-state index contributed by atoms with van der Waals surface area (Å²) in [5, 5.41) is 13.6. The molecule has 11 nitrogen and oxygen atoms in total. The second kappa shape index (κ2) is 29.7. The van der Waals surface area contributed by atoms with Crippen molar-refractivity contribution >= 4 is 76.7 Å². The number of aromatic nitrogens is 10. The van der Waals surface area contributed by atoms with Crippen LogP contribution in [-0.4, -0.2) is 48.0 Å². The summed E-state index contributed by atoms with van der Waals surface area (Å²) in [4.78, 5) is 15.9. The molecule has 0 saturated carbocycles. The molecule has 0 bridgehead atoms. The second-order valence-electron chi connectivity index (χ2n) is 30.1. The van der Waals surface area contributed by atoms with E-state index < -0.39 is 0 Å². The fourth-order valence-electron chi connectivity index (χ4n) is 16.2. The SMILES string of the molecule is CC(C)(C)c1ccc(-c2nnc(-c3ccc(-c4ccccc4)cc3)o2)cc1.c1ccc(-n2c(-c3cc(-c4nc5ccccc5n4-c4ccccc4)cc(-c4nc5ccccc5n4-c4ccccc4)c3)nc3ccccc32)cc1.c1ccc2c(c1)c1ccccc1n2-c1ccc(-c2ccc(-n3c4ccccc4c4ccccc43)cc2)cc1. The van der Waals surface area contributed by atoms with Crippen LogP contribution >= 0.6 is 0 Å².